The van der Waals surface area contributed by atoms with Gasteiger partial charge in [0.2, 0.25) is 0 Å². The minimum absolute atomic E-state index is 0.0351. The molecule has 0 radical (unpaired) electrons. The van der Waals surface area contributed by atoms with E-state index in [2.05, 4.69) is 9.88 Å². The molecule has 0 N–H and O–H groups in total. The van der Waals surface area contributed by atoms with Gasteiger partial charge in [-0.2, -0.15) is 4.31 Å². The van der Waals surface area contributed by atoms with Crippen LogP contribution in [0.4, 0.5) is 5.69 Å². The number of aromatic nitrogens is 1. The molecule has 3 aromatic rings. The lowest BCUT2D eigenvalue weighted by Gasteiger charge is -2.35. The number of sulfonamides is 1. The number of carbonyl (C=O) groups is 1. The summed E-state index contributed by atoms with van der Waals surface area (Å²) in [6.45, 7) is 3.58. The number of benzene rings is 1. The van der Waals surface area contributed by atoms with Gasteiger partial charge >= 0.3 is 0 Å². The number of carbonyl (C=O) groups excluding carboxylic acids is 1. The van der Waals surface area contributed by atoms with Gasteiger partial charge in [0, 0.05) is 43.3 Å². The third-order valence-electron chi connectivity index (χ3n) is 6.52. The minimum atomic E-state index is -3.56. The number of Topliss-reactive ketones (excluding diaryl/α,β-unsaturated/α-hetero) is 1. The molecule has 3 heterocycles. The predicted octanol–water partition coefficient (Wildman–Crippen LogP) is 4.77. The Morgan fingerprint density at radius 2 is 1.73 bits per heavy atom. The van der Waals surface area contributed by atoms with E-state index in [1.54, 1.807) is 23.5 Å². The molecule has 1 aromatic carbocycles. The van der Waals surface area contributed by atoms with E-state index in [1.807, 2.05) is 30.3 Å². The Bertz CT molecular complexity index is 1230. The van der Waals surface area contributed by atoms with E-state index in [9.17, 15) is 13.2 Å². The first-order chi connectivity index (χ1) is 15.9. The van der Waals surface area contributed by atoms with Crippen LogP contribution in [-0.2, 0) is 10.0 Å². The minimum Gasteiger partial charge on any atom is -0.440 e. The van der Waals surface area contributed by atoms with Crippen LogP contribution >= 0.6 is 11.3 Å². The molecular weight excluding hydrogens is 458 g/mol. The van der Waals surface area contributed by atoms with Gasteiger partial charge in [-0.05, 0) is 56.2 Å². The number of piperazine rings is 1. The number of oxazole rings is 1. The second-order valence-corrected chi connectivity index (χ2v) is 11.9. The molecule has 174 valence electrons. The molecule has 7 nitrogen and oxygen atoms in total. The molecular formula is C24H27N3O4S2. The monoisotopic (exact) mass is 485 g/mol. The van der Waals surface area contributed by atoms with E-state index in [-0.39, 0.29) is 5.78 Å². The number of hydrogen-bond acceptors (Lipinski definition) is 7. The predicted molar refractivity (Wildman–Crippen MR) is 128 cm³/mol. The average molecular weight is 486 g/mol. The number of rotatable bonds is 6. The standard InChI is InChI=1S/C24H27N3O4S2/c1-17(28)18-6-8-20(9-7-18)26-12-14-27(15-13-26)33(29,30)23-11-10-22(32-23)21-16-25-24(31-21)19-4-2-3-5-19/h6-11,16,19H,2-5,12-15H2,1H3. The summed E-state index contributed by atoms with van der Waals surface area (Å²) in [7, 11) is -3.56. The van der Waals surface area contributed by atoms with Crippen LogP contribution < -0.4 is 4.90 Å². The largest absolute Gasteiger partial charge is 0.440 e. The fourth-order valence-electron chi connectivity index (χ4n) is 4.58. The van der Waals surface area contributed by atoms with Crippen LogP contribution in [0.5, 0.6) is 0 Å². The molecule has 0 spiro atoms. The van der Waals surface area contributed by atoms with Crippen LogP contribution in [0.25, 0.3) is 10.6 Å². The van der Waals surface area contributed by atoms with Gasteiger partial charge in [0.05, 0.1) is 11.1 Å². The van der Waals surface area contributed by atoms with Crippen molar-refractivity contribution in [1.29, 1.82) is 0 Å². The summed E-state index contributed by atoms with van der Waals surface area (Å²) in [5.74, 6) is 1.83. The highest BCUT2D eigenvalue weighted by Gasteiger charge is 2.30. The highest BCUT2D eigenvalue weighted by Crippen LogP contribution is 2.37. The second-order valence-electron chi connectivity index (χ2n) is 8.66. The van der Waals surface area contributed by atoms with Crippen LogP contribution in [0.15, 0.2) is 51.2 Å². The van der Waals surface area contributed by atoms with Crippen molar-refractivity contribution in [3.8, 4) is 10.6 Å². The Balaban J connectivity index is 1.25. The molecule has 9 heteroatoms. The molecule has 1 saturated heterocycles. The SMILES string of the molecule is CC(=O)c1ccc(N2CCN(S(=O)(=O)c3ccc(-c4cnc(C5CCCC5)o4)s3)CC2)cc1. The van der Waals surface area contributed by atoms with Crippen molar-refractivity contribution in [2.75, 3.05) is 31.1 Å². The fourth-order valence-corrected chi connectivity index (χ4v) is 7.40. The molecule has 5 rings (SSSR count). The lowest BCUT2D eigenvalue weighted by Crippen LogP contribution is -2.48. The summed E-state index contributed by atoms with van der Waals surface area (Å²) >= 11 is 1.23. The van der Waals surface area contributed by atoms with E-state index in [4.69, 9.17) is 4.42 Å². The van der Waals surface area contributed by atoms with E-state index < -0.39 is 10.0 Å². The Kier molecular flexibility index (Phi) is 6.11. The quantitative estimate of drug-likeness (QED) is 0.468. The number of hydrogen-bond donors (Lipinski definition) is 0. The van der Waals surface area contributed by atoms with Crippen LogP contribution in [0, 0.1) is 0 Å². The highest BCUT2D eigenvalue weighted by molar-refractivity contribution is 7.91. The molecule has 0 unspecified atom stereocenters. The third-order valence-corrected chi connectivity index (χ3v) is 9.99. The molecule has 2 aromatic heterocycles. The van der Waals surface area contributed by atoms with Gasteiger partial charge in [0.1, 0.15) is 4.21 Å². The van der Waals surface area contributed by atoms with Gasteiger partial charge < -0.3 is 9.32 Å². The second kappa shape index (κ2) is 9.04. The van der Waals surface area contributed by atoms with Crippen LogP contribution in [0.3, 0.4) is 0 Å². The number of ketones is 1. The van der Waals surface area contributed by atoms with Gasteiger partial charge in [0.25, 0.3) is 10.0 Å². The van der Waals surface area contributed by atoms with Crippen molar-refractivity contribution < 1.29 is 17.6 Å². The van der Waals surface area contributed by atoms with Gasteiger partial charge in [0.15, 0.2) is 17.4 Å². The molecule has 0 bridgehead atoms. The Hall–Kier alpha value is -2.49. The highest BCUT2D eigenvalue weighted by atomic mass is 32.2. The van der Waals surface area contributed by atoms with Crippen molar-refractivity contribution >= 4 is 32.8 Å². The van der Waals surface area contributed by atoms with Crippen molar-refractivity contribution in [2.45, 2.75) is 42.7 Å². The number of anilines is 1. The van der Waals surface area contributed by atoms with Crippen molar-refractivity contribution in [3.05, 3.63) is 54.0 Å². The maximum absolute atomic E-state index is 13.2. The van der Waals surface area contributed by atoms with Gasteiger partial charge in [-0.25, -0.2) is 13.4 Å². The summed E-state index contributed by atoms with van der Waals surface area (Å²) in [4.78, 5) is 18.9. The Morgan fingerprint density at radius 3 is 2.39 bits per heavy atom. The van der Waals surface area contributed by atoms with Crippen molar-refractivity contribution in [3.63, 3.8) is 0 Å². The van der Waals surface area contributed by atoms with E-state index in [0.717, 1.165) is 29.3 Å². The maximum atomic E-state index is 13.2. The van der Waals surface area contributed by atoms with Crippen LogP contribution in [0.1, 0.15) is 54.8 Å². The van der Waals surface area contributed by atoms with E-state index in [0.29, 0.717) is 47.6 Å². The topological polar surface area (TPSA) is 83.7 Å². The zero-order chi connectivity index (χ0) is 23.0. The zero-order valence-electron chi connectivity index (χ0n) is 18.6. The molecule has 33 heavy (non-hydrogen) atoms. The summed E-state index contributed by atoms with van der Waals surface area (Å²) in [5.41, 5.74) is 1.68. The average Bonchev–Trinajstić information content (AvgIpc) is 3.60. The summed E-state index contributed by atoms with van der Waals surface area (Å²) in [6.07, 6.45) is 6.35. The molecule has 1 aliphatic heterocycles. The third kappa shape index (κ3) is 4.49. The lowest BCUT2D eigenvalue weighted by molar-refractivity contribution is 0.101. The van der Waals surface area contributed by atoms with Crippen molar-refractivity contribution in [1.82, 2.24) is 9.29 Å². The van der Waals surface area contributed by atoms with Crippen LogP contribution in [-0.4, -0.2) is 49.7 Å². The molecule has 1 saturated carbocycles. The first-order valence-electron chi connectivity index (χ1n) is 11.3. The van der Waals surface area contributed by atoms with Gasteiger partial charge in [-0.3, -0.25) is 4.79 Å². The molecule has 1 aliphatic carbocycles. The first kappa shape index (κ1) is 22.3. The summed E-state index contributed by atoms with van der Waals surface area (Å²) < 4.78 is 34.3. The normalized spacial score (nSPS) is 18.2. The number of nitrogens with zero attached hydrogens (tertiary/aromatic N) is 3. The summed E-state index contributed by atoms with van der Waals surface area (Å²) in [5, 5.41) is 0. The first-order valence-corrected chi connectivity index (χ1v) is 13.6. The molecule has 2 fully saturated rings. The van der Waals surface area contributed by atoms with Gasteiger partial charge in [-0.15, -0.1) is 11.3 Å². The number of thiophene rings is 1. The van der Waals surface area contributed by atoms with Gasteiger partial charge in [-0.1, -0.05) is 12.8 Å². The van der Waals surface area contributed by atoms with Crippen molar-refractivity contribution in [2.24, 2.45) is 0 Å². The molecule has 0 amide bonds. The van der Waals surface area contributed by atoms with E-state index >= 15 is 0 Å². The Labute approximate surface area is 198 Å². The zero-order valence-corrected chi connectivity index (χ0v) is 20.2. The lowest BCUT2D eigenvalue weighted by atomic mass is 10.1. The molecule has 2 aliphatic rings. The molecule has 0 atom stereocenters. The summed E-state index contributed by atoms with van der Waals surface area (Å²) in [6, 6.07) is 10.9. The smallest absolute Gasteiger partial charge is 0.252 e. The van der Waals surface area contributed by atoms with E-state index in [1.165, 1.54) is 24.2 Å². The van der Waals surface area contributed by atoms with Crippen LogP contribution in [0.2, 0.25) is 0 Å². The Morgan fingerprint density at radius 1 is 1.03 bits per heavy atom. The maximum Gasteiger partial charge on any atom is 0.252 e. The fraction of sp³-hybridized carbons (Fsp3) is 0.417.